The standard InChI is InChI=1S/C22H27N5O3S/c1-3-10-26-20(29)18-19(24-21(31-18)25-11-5-6-12-25)27(22(26)30)14-17(28)23-16-9-7-8-15(4-2)13-16/h7-9,13H,3-6,10-12,14H2,1-2H3,(H,23,28). The Hall–Kier alpha value is -2.94. The van der Waals surface area contributed by atoms with Crippen LogP contribution in [-0.2, 0) is 24.3 Å². The number of hydrogen-bond donors (Lipinski definition) is 1. The molecule has 9 heteroatoms. The van der Waals surface area contributed by atoms with Crippen LogP contribution in [0.25, 0.3) is 10.3 Å². The van der Waals surface area contributed by atoms with Crippen LogP contribution in [-0.4, -0.2) is 33.1 Å². The molecular formula is C22H27N5O3S. The summed E-state index contributed by atoms with van der Waals surface area (Å²) >= 11 is 1.31. The van der Waals surface area contributed by atoms with Gasteiger partial charge in [0.2, 0.25) is 5.91 Å². The molecule has 0 spiro atoms. The van der Waals surface area contributed by atoms with Gasteiger partial charge in [0.05, 0.1) is 0 Å². The minimum Gasteiger partial charge on any atom is -0.348 e. The van der Waals surface area contributed by atoms with Gasteiger partial charge in [-0.2, -0.15) is 0 Å². The number of aryl methyl sites for hydroxylation is 1. The predicted octanol–water partition coefficient (Wildman–Crippen LogP) is 2.83. The fraction of sp³-hybridized carbons (Fsp3) is 0.455. The van der Waals surface area contributed by atoms with Crippen molar-refractivity contribution in [3.05, 3.63) is 50.7 Å². The second kappa shape index (κ2) is 9.05. The molecule has 3 heterocycles. The molecule has 0 radical (unpaired) electrons. The lowest BCUT2D eigenvalue weighted by atomic mass is 10.1. The van der Waals surface area contributed by atoms with Crippen LogP contribution in [0.3, 0.4) is 0 Å². The van der Waals surface area contributed by atoms with Crippen molar-refractivity contribution in [2.24, 2.45) is 0 Å². The monoisotopic (exact) mass is 441 g/mol. The molecular weight excluding hydrogens is 414 g/mol. The third kappa shape index (κ3) is 4.27. The van der Waals surface area contributed by atoms with Gasteiger partial charge in [0.1, 0.15) is 11.2 Å². The lowest BCUT2D eigenvalue weighted by molar-refractivity contribution is -0.116. The molecule has 0 aliphatic carbocycles. The van der Waals surface area contributed by atoms with Crippen molar-refractivity contribution in [2.45, 2.75) is 52.6 Å². The molecule has 4 rings (SSSR count). The van der Waals surface area contributed by atoms with E-state index in [9.17, 15) is 14.4 Å². The molecule has 1 saturated heterocycles. The van der Waals surface area contributed by atoms with Crippen molar-refractivity contribution >= 4 is 38.4 Å². The van der Waals surface area contributed by atoms with Crippen LogP contribution in [0, 0.1) is 0 Å². The number of thiazole rings is 1. The van der Waals surface area contributed by atoms with E-state index in [0.717, 1.165) is 43.0 Å². The molecule has 1 N–H and O–H groups in total. The first-order valence-corrected chi connectivity index (χ1v) is 11.6. The zero-order chi connectivity index (χ0) is 22.0. The molecule has 0 bridgehead atoms. The van der Waals surface area contributed by atoms with Crippen LogP contribution >= 0.6 is 11.3 Å². The maximum Gasteiger partial charge on any atom is 0.333 e. The Labute approximate surface area is 184 Å². The number of amides is 1. The average molecular weight is 442 g/mol. The topological polar surface area (TPSA) is 89.2 Å². The van der Waals surface area contributed by atoms with E-state index < -0.39 is 5.69 Å². The zero-order valence-electron chi connectivity index (χ0n) is 17.9. The van der Waals surface area contributed by atoms with Gasteiger partial charge in [0.25, 0.3) is 5.56 Å². The zero-order valence-corrected chi connectivity index (χ0v) is 18.7. The number of hydrogen-bond acceptors (Lipinski definition) is 6. The number of aromatic nitrogens is 3. The third-order valence-corrected chi connectivity index (χ3v) is 6.59. The summed E-state index contributed by atoms with van der Waals surface area (Å²) < 4.78 is 2.98. The number of nitrogens with one attached hydrogen (secondary N) is 1. The number of carbonyl (C=O) groups is 1. The second-order valence-corrected chi connectivity index (χ2v) is 8.75. The molecule has 1 aliphatic heterocycles. The largest absolute Gasteiger partial charge is 0.348 e. The minimum atomic E-state index is -0.491. The highest BCUT2D eigenvalue weighted by atomic mass is 32.1. The molecule has 1 fully saturated rings. The highest BCUT2D eigenvalue weighted by Gasteiger charge is 2.23. The number of nitrogens with zero attached hydrogens (tertiary/aromatic N) is 4. The van der Waals surface area contributed by atoms with E-state index in [1.807, 2.05) is 38.1 Å². The molecule has 8 nitrogen and oxygen atoms in total. The van der Waals surface area contributed by atoms with Gasteiger partial charge >= 0.3 is 5.69 Å². The quantitative estimate of drug-likeness (QED) is 0.609. The molecule has 1 amide bonds. The van der Waals surface area contributed by atoms with Gasteiger partial charge in [-0.3, -0.25) is 18.7 Å². The summed E-state index contributed by atoms with van der Waals surface area (Å²) in [5.74, 6) is -0.325. The Kier molecular flexibility index (Phi) is 6.22. The normalized spacial score (nSPS) is 13.8. The van der Waals surface area contributed by atoms with Crippen molar-refractivity contribution in [3.63, 3.8) is 0 Å². The van der Waals surface area contributed by atoms with E-state index in [0.29, 0.717) is 29.0 Å². The maximum atomic E-state index is 13.1. The summed E-state index contributed by atoms with van der Waals surface area (Å²) in [6.45, 7) is 5.86. The molecule has 3 aromatic rings. The first-order chi connectivity index (χ1) is 15.0. The number of carbonyl (C=O) groups excluding carboxylic acids is 1. The lowest BCUT2D eigenvalue weighted by Gasteiger charge is -2.12. The van der Waals surface area contributed by atoms with Crippen LogP contribution in [0.1, 0.15) is 38.7 Å². The van der Waals surface area contributed by atoms with E-state index in [1.54, 1.807) is 0 Å². The number of rotatable bonds is 7. The average Bonchev–Trinajstić information content (AvgIpc) is 3.44. The van der Waals surface area contributed by atoms with E-state index >= 15 is 0 Å². The van der Waals surface area contributed by atoms with Crippen LogP contribution in [0.2, 0.25) is 0 Å². The van der Waals surface area contributed by atoms with Crippen LogP contribution < -0.4 is 21.5 Å². The van der Waals surface area contributed by atoms with Crippen LogP contribution in [0.4, 0.5) is 10.8 Å². The Morgan fingerprint density at radius 2 is 1.94 bits per heavy atom. The Bertz CT molecular complexity index is 1220. The first kappa shape index (κ1) is 21.3. The summed E-state index contributed by atoms with van der Waals surface area (Å²) in [5, 5.41) is 3.60. The van der Waals surface area contributed by atoms with Crippen molar-refractivity contribution in [1.29, 1.82) is 0 Å². The van der Waals surface area contributed by atoms with E-state index in [1.165, 1.54) is 20.5 Å². The summed E-state index contributed by atoms with van der Waals surface area (Å²) in [7, 11) is 0. The highest BCUT2D eigenvalue weighted by molar-refractivity contribution is 7.22. The minimum absolute atomic E-state index is 0.196. The van der Waals surface area contributed by atoms with Gasteiger partial charge in [-0.15, -0.1) is 0 Å². The molecule has 0 saturated carbocycles. The number of fused-ring (bicyclic) bond motifs is 1. The molecule has 1 aromatic carbocycles. The van der Waals surface area contributed by atoms with Crippen LogP contribution in [0.5, 0.6) is 0 Å². The number of anilines is 2. The van der Waals surface area contributed by atoms with Crippen molar-refractivity contribution < 1.29 is 4.79 Å². The first-order valence-electron chi connectivity index (χ1n) is 10.8. The van der Waals surface area contributed by atoms with Gasteiger partial charge in [-0.05, 0) is 43.4 Å². The van der Waals surface area contributed by atoms with E-state index in [4.69, 9.17) is 0 Å². The van der Waals surface area contributed by atoms with E-state index in [2.05, 4.69) is 15.2 Å². The van der Waals surface area contributed by atoms with E-state index in [-0.39, 0.29) is 18.0 Å². The van der Waals surface area contributed by atoms with Crippen molar-refractivity contribution in [3.8, 4) is 0 Å². The molecule has 0 atom stereocenters. The molecule has 31 heavy (non-hydrogen) atoms. The second-order valence-electron chi connectivity index (χ2n) is 7.77. The van der Waals surface area contributed by atoms with Crippen LogP contribution in [0.15, 0.2) is 33.9 Å². The summed E-state index contributed by atoms with van der Waals surface area (Å²) in [5.41, 5.74) is 1.29. The maximum absolute atomic E-state index is 13.1. The van der Waals surface area contributed by atoms with Crippen molar-refractivity contribution in [1.82, 2.24) is 14.1 Å². The number of benzene rings is 1. The van der Waals surface area contributed by atoms with Gasteiger partial charge in [0, 0.05) is 25.3 Å². The van der Waals surface area contributed by atoms with Gasteiger partial charge < -0.3 is 10.2 Å². The molecule has 164 valence electrons. The molecule has 2 aromatic heterocycles. The fourth-order valence-corrected chi connectivity index (χ4v) is 4.96. The molecule has 0 unspecified atom stereocenters. The van der Waals surface area contributed by atoms with Gasteiger partial charge in [-0.25, -0.2) is 9.78 Å². The smallest absolute Gasteiger partial charge is 0.333 e. The Balaban J connectivity index is 1.73. The Morgan fingerprint density at radius 3 is 2.65 bits per heavy atom. The predicted molar refractivity (Wildman–Crippen MR) is 124 cm³/mol. The Morgan fingerprint density at radius 1 is 1.16 bits per heavy atom. The third-order valence-electron chi connectivity index (χ3n) is 5.50. The fourth-order valence-electron chi connectivity index (χ4n) is 3.89. The SMILES string of the molecule is CCCn1c(=O)c2sc(N3CCCC3)nc2n(CC(=O)Nc2cccc(CC)c2)c1=O. The summed E-state index contributed by atoms with van der Waals surface area (Å²) in [6.07, 6.45) is 3.68. The summed E-state index contributed by atoms with van der Waals surface area (Å²) in [4.78, 5) is 45.6. The van der Waals surface area contributed by atoms with Gasteiger partial charge in [0.15, 0.2) is 10.8 Å². The van der Waals surface area contributed by atoms with Gasteiger partial charge in [-0.1, -0.05) is 37.3 Å². The van der Waals surface area contributed by atoms with Crippen molar-refractivity contribution in [2.75, 3.05) is 23.3 Å². The highest BCUT2D eigenvalue weighted by Crippen LogP contribution is 2.28. The lowest BCUT2D eigenvalue weighted by Crippen LogP contribution is -2.41. The molecule has 1 aliphatic rings. The summed E-state index contributed by atoms with van der Waals surface area (Å²) in [6, 6.07) is 7.63.